The lowest BCUT2D eigenvalue weighted by atomic mass is 10.1. The number of halogens is 1. The van der Waals surface area contributed by atoms with Crippen LogP contribution < -0.4 is 5.32 Å². The quantitative estimate of drug-likeness (QED) is 0.473. The number of thioether (sulfide) groups is 1. The number of nitrogens with zero attached hydrogens (tertiary/aromatic N) is 1. The monoisotopic (exact) mass is 460 g/mol. The molecule has 4 nitrogen and oxygen atoms in total. The molecule has 31 heavy (non-hydrogen) atoms. The van der Waals surface area contributed by atoms with Gasteiger partial charge in [0.15, 0.2) is 0 Å². The fraction of sp³-hybridized carbons (Fsp3) is 0.440. The molecule has 6 heteroatoms. The third kappa shape index (κ3) is 8.58. The van der Waals surface area contributed by atoms with Crippen LogP contribution >= 0.6 is 23.4 Å². The predicted octanol–water partition coefficient (Wildman–Crippen LogP) is 5.20. The van der Waals surface area contributed by atoms with Crippen LogP contribution in [0.3, 0.4) is 0 Å². The number of rotatable bonds is 12. The summed E-state index contributed by atoms with van der Waals surface area (Å²) >= 11 is 7.76. The first-order valence-electron chi connectivity index (χ1n) is 10.8. The molecule has 0 bridgehead atoms. The maximum atomic E-state index is 13.2. The molecule has 0 aliphatic rings. The van der Waals surface area contributed by atoms with Gasteiger partial charge in [0.1, 0.15) is 6.04 Å². The standard InChI is InChI=1S/C25H33ClN2O2S/c1-4-23(25(30)27-16-19(2)3)28(15-14-20-10-6-5-7-11-20)24(29)18-31-17-21-12-8-9-13-22(21)26/h5-13,19,23H,4,14-18H2,1-3H3,(H,27,30)/t23-/m1/s1. The van der Waals surface area contributed by atoms with Gasteiger partial charge in [0, 0.05) is 23.9 Å². The Hall–Kier alpha value is -1.98. The van der Waals surface area contributed by atoms with Crippen molar-refractivity contribution >= 4 is 35.2 Å². The fourth-order valence-corrected chi connectivity index (χ4v) is 4.46. The lowest BCUT2D eigenvalue weighted by Gasteiger charge is -2.31. The Kier molecular flexibility index (Phi) is 11.0. The number of benzene rings is 2. The average molecular weight is 461 g/mol. The Labute approximate surface area is 195 Å². The second-order valence-corrected chi connectivity index (χ2v) is 9.36. The second kappa shape index (κ2) is 13.4. The highest BCUT2D eigenvalue weighted by Crippen LogP contribution is 2.21. The maximum absolute atomic E-state index is 13.2. The zero-order valence-corrected chi connectivity index (χ0v) is 20.2. The molecule has 2 aromatic rings. The summed E-state index contributed by atoms with van der Waals surface area (Å²) in [5.41, 5.74) is 2.17. The molecule has 0 aliphatic heterocycles. The topological polar surface area (TPSA) is 49.4 Å². The second-order valence-electron chi connectivity index (χ2n) is 7.97. The third-order valence-corrected chi connectivity index (χ3v) is 6.33. The molecular formula is C25H33ClN2O2S. The van der Waals surface area contributed by atoms with E-state index in [9.17, 15) is 9.59 Å². The van der Waals surface area contributed by atoms with Crippen LogP contribution in [-0.4, -0.2) is 41.6 Å². The van der Waals surface area contributed by atoms with Crippen LogP contribution in [0, 0.1) is 5.92 Å². The summed E-state index contributed by atoms with van der Waals surface area (Å²) in [5.74, 6) is 1.25. The molecule has 2 rings (SSSR count). The van der Waals surface area contributed by atoms with Gasteiger partial charge in [-0.15, -0.1) is 11.8 Å². The van der Waals surface area contributed by atoms with Crippen molar-refractivity contribution in [3.8, 4) is 0 Å². The first kappa shape index (κ1) is 25.3. The smallest absolute Gasteiger partial charge is 0.242 e. The first-order valence-corrected chi connectivity index (χ1v) is 12.4. The molecule has 2 aromatic carbocycles. The van der Waals surface area contributed by atoms with Crippen molar-refractivity contribution in [3.63, 3.8) is 0 Å². The van der Waals surface area contributed by atoms with E-state index < -0.39 is 6.04 Å². The van der Waals surface area contributed by atoms with Crippen molar-refractivity contribution in [2.24, 2.45) is 5.92 Å². The maximum Gasteiger partial charge on any atom is 0.242 e. The van der Waals surface area contributed by atoms with E-state index in [4.69, 9.17) is 11.6 Å². The zero-order valence-electron chi connectivity index (χ0n) is 18.6. The summed E-state index contributed by atoms with van der Waals surface area (Å²) in [6, 6.07) is 17.3. The molecule has 2 amide bonds. The Bertz CT molecular complexity index is 829. The van der Waals surface area contributed by atoms with Crippen LogP contribution in [-0.2, 0) is 21.8 Å². The van der Waals surface area contributed by atoms with Crippen molar-refractivity contribution in [1.29, 1.82) is 0 Å². The van der Waals surface area contributed by atoms with E-state index in [0.29, 0.717) is 42.0 Å². The highest BCUT2D eigenvalue weighted by molar-refractivity contribution is 7.99. The molecule has 1 atom stereocenters. The van der Waals surface area contributed by atoms with E-state index in [1.54, 1.807) is 4.90 Å². The van der Waals surface area contributed by atoms with E-state index in [1.807, 2.05) is 49.4 Å². The normalized spacial score (nSPS) is 11.9. The van der Waals surface area contributed by atoms with Gasteiger partial charge in [0.2, 0.25) is 11.8 Å². The summed E-state index contributed by atoms with van der Waals surface area (Å²) in [6.45, 7) is 7.20. The Morgan fingerprint density at radius 2 is 1.74 bits per heavy atom. The SMILES string of the molecule is CC[C@H](C(=O)NCC(C)C)N(CCc1ccccc1)C(=O)CSCc1ccccc1Cl. The molecule has 0 saturated carbocycles. The Morgan fingerprint density at radius 1 is 1.06 bits per heavy atom. The highest BCUT2D eigenvalue weighted by Gasteiger charge is 2.28. The van der Waals surface area contributed by atoms with Crippen LogP contribution in [0.25, 0.3) is 0 Å². The third-order valence-electron chi connectivity index (χ3n) is 5.00. The molecular weight excluding hydrogens is 428 g/mol. The predicted molar refractivity (Wildman–Crippen MR) is 131 cm³/mol. The van der Waals surface area contributed by atoms with E-state index >= 15 is 0 Å². The summed E-state index contributed by atoms with van der Waals surface area (Å²) in [6.07, 6.45) is 1.30. The summed E-state index contributed by atoms with van der Waals surface area (Å²) < 4.78 is 0. The van der Waals surface area contributed by atoms with Crippen molar-refractivity contribution in [2.75, 3.05) is 18.8 Å². The summed E-state index contributed by atoms with van der Waals surface area (Å²) in [7, 11) is 0. The lowest BCUT2D eigenvalue weighted by Crippen LogP contribution is -2.51. The van der Waals surface area contributed by atoms with E-state index in [2.05, 4.69) is 31.3 Å². The number of carbonyl (C=O) groups is 2. The Balaban J connectivity index is 2.05. The highest BCUT2D eigenvalue weighted by atomic mass is 35.5. The van der Waals surface area contributed by atoms with Crippen molar-refractivity contribution in [1.82, 2.24) is 10.2 Å². The zero-order chi connectivity index (χ0) is 22.6. The van der Waals surface area contributed by atoms with Gasteiger partial charge in [-0.3, -0.25) is 9.59 Å². The molecule has 0 saturated heterocycles. The van der Waals surface area contributed by atoms with Gasteiger partial charge >= 0.3 is 0 Å². The van der Waals surface area contributed by atoms with Crippen LogP contribution in [0.2, 0.25) is 5.02 Å². The van der Waals surface area contributed by atoms with Crippen LogP contribution in [0.4, 0.5) is 0 Å². The van der Waals surface area contributed by atoms with E-state index in [0.717, 1.165) is 17.5 Å². The number of hydrogen-bond acceptors (Lipinski definition) is 3. The minimum atomic E-state index is -0.462. The van der Waals surface area contributed by atoms with Gasteiger partial charge in [0.25, 0.3) is 0 Å². The van der Waals surface area contributed by atoms with Gasteiger partial charge in [0.05, 0.1) is 5.75 Å². The van der Waals surface area contributed by atoms with Crippen molar-refractivity contribution in [2.45, 2.75) is 45.4 Å². The minimum absolute atomic E-state index is 0.0143. The molecule has 1 N–H and O–H groups in total. The number of nitrogens with one attached hydrogen (secondary N) is 1. The van der Waals surface area contributed by atoms with Crippen LogP contribution in [0.5, 0.6) is 0 Å². The largest absolute Gasteiger partial charge is 0.354 e. The van der Waals surface area contributed by atoms with Crippen molar-refractivity contribution in [3.05, 3.63) is 70.7 Å². The van der Waals surface area contributed by atoms with Gasteiger partial charge in [-0.2, -0.15) is 0 Å². The van der Waals surface area contributed by atoms with Gasteiger partial charge < -0.3 is 10.2 Å². The molecule has 0 fully saturated rings. The summed E-state index contributed by atoms with van der Waals surface area (Å²) in [5, 5.41) is 3.71. The van der Waals surface area contributed by atoms with Crippen LogP contribution in [0.15, 0.2) is 54.6 Å². The van der Waals surface area contributed by atoms with E-state index in [-0.39, 0.29) is 11.8 Å². The number of amides is 2. The van der Waals surface area contributed by atoms with Crippen molar-refractivity contribution < 1.29 is 9.59 Å². The molecule has 0 spiro atoms. The lowest BCUT2D eigenvalue weighted by molar-refractivity contribution is -0.138. The van der Waals surface area contributed by atoms with Gasteiger partial charge in [-0.1, -0.05) is 80.9 Å². The van der Waals surface area contributed by atoms with Crippen LogP contribution in [0.1, 0.15) is 38.3 Å². The average Bonchev–Trinajstić information content (AvgIpc) is 2.76. The van der Waals surface area contributed by atoms with Gasteiger partial charge in [-0.05, 0) is 36.0 Å². The number of carbonyl (C=O) groups excluding carboxylic acids is 2. The van der Waals surface area contributed by atoms with Gasteiger partial charge in [-0.25, -0.2) is 0 Å². The summed E-state index contributed by atoms with van der Waals surface area (Å²) in [4.78, 5) is 27.8. The van der Waals surface area contributed by atoms with E-state index in [1.165, 1.54) is 11.8 Å². The first-order chi connectivity index (χ1) is 14.9. The molecule has 168 valence electrons. The fourth-order valence-electron chi connectivity index (χ4n) is 3.27. The minimum Gasteiger partial charge on any atom is -0.354 e. The number of hydrogen-bond donors (Lipinski definition) is 1. The molecule has 0 unspecified atom stereocenters. The molecule has 0 aliphatic carbocycles. The molecule has 0 radical (unpaired) electrons. The molecule has 0 heterocycles. The molecule has 0 aromatic heterocycles. The Morgan fingerprint density at radius 3 is 2.39 bits per heavy atom.